The first kappa shape index (κ1) is 20.3. The summed E-state index contributed by atoms with van der Waals surface area (Å²) in [5.74, 6) is 0.148. The molecule has 1 saturated heterocycles. The lowest BCUT2D eigenvalue weighted by Gasteiger charge is -2.31. The van der Waals surface area contributed by atoms with Crippen LogP contribution in [0.2, 0.25) is 0 Å². The van der Waals surface area contributed by atoms with Gasteiger partial charge in [-0.1, -0.05) is 15.9 Å². The van der Waals surface area contributed by atoms with Gasteiger partial charge in [0, 0.05) is 28.1 Å². The van der Waals surface area contributed by atoms with Crippen LogP contribution < -0.4 is 16.0 Å². The zero-order chi connectivity index (χ0) is 20.4. The van der Waals surface area contributed by atoms with Crippen molar-refractivity contribution in [2.24, 2.45) is 0 Å². The Morgan fingerprint density at radius 3 is 2.59 bits per heavy atom. The van der Waals surface area contributed by atoms with Crippen molar-refractivity contribution in [2.45, 2.75) is 63.6 Å². The van der Waals surface area contributed by atoms with Crippen molar-refractivity contribution in [2.75, 3.05) is 11.9 Å². The Hall–Kier alpha value is -1.99. The highest BCUT2D eigenvalue weighted by Crippen LogP contribution is 2.32. The summed E-state index contributed by atoms with van der Waals surface area (Å²) in [7, 11) is 0. The number of fused-ring (bicyclic) bond motifs is 1. The number of carbonyl (C=O) groups excluding carboxylic acids is 2. The molecule has 1 aromatic heterocycles. The number of amides is 1. The van der Waals surface area contributed by atoms with Crippen molar-refractivity contribution in [3.8, 4) is 0 Å². The number of anilines is 1. The maximum absolute atomic E-state index is 12.3. The van der Waals surface area contributed by atoms with Crippen LogP contribution in [0.1, 0.15) is 55.8 Å². The number of ketones is 1. The van der Waals surface area contributed by atoms with Gasteiger partial charge in [-0.25, -0.2) is 0 Å². The van der Waals surface area contributed by atoms with E-state index in [1.165, 1.54) is 0 Å². The standard InChI is InChI=1S/C22H27BrN4O2/c1-13(28)18-12-25-19-9-4-14(23)11-17(19)21(18)26-15-5-7-16(8-6-15)27-22(29)20-3-2-10-24-20/h4,9,11-12,15-16,20,24H,2-3,5-8,10H2,1H3,(H,25,26)(H,27,29)/t15-,16-,20-/m0/s1. The molecule has 2 heterocycles. The Bertz CT molecular complexity index is 918. The normalized spacial score (nSPS) is 24.4. The molecule has 1 aromatic carbocycles. The number of aromatic nitrogens is 1. The second-order valence-corrected chi connectivity index (χ2v) is 9.03. The summed E-state index contributed by atoms with van der Waals surface area (Å²) in [6, 6.07) is 6.41. The SMILES string of the molecule is CC(=O)c1cnc2ccc(Br)cc2c1N[C@H]1CC[C@H](NC(=O)[C@@H]2CCCN2)CC1. The average Bonchev–Trinajstić information content (AvgIpc) is 3.24. The first-order valence-electron chi connectivity index (χ1n) is 10.4. The molecule has 1 amide bonds. The molecule has 2 aliphatic rings. The van der Waals surface area contributed by atoms with Crippen LogP contribution >= 0.6 is 15.9 Å². The van der Waals surface area contributed by atoms with E-state index in [1.54, 1.807) is 13.1 Å². The summed E-state index contributed by atoms with van der Waals surface area (Å²) < 4.78 is 0.961. The summed E-state index contributed by atoms with van der Waals surface area (Å²) in [5.41, 5.74) is 2.36. The highest BCUT2D eigenvalue weighted by Gasteiger charge is 2.27. The Balaban J connectivity index is 1.44. The van der Waals surface area contributed by atoms with E-state index in [9.17, 15) is 9.59 Å². The summed E-state index contributed by atoms with van der Waals surface area (Å²) in [6.07, 6.45) is 7.47. The molecular formula is C22H27BrN4O2. The summed E-state index contributed by atoms with van der Waals surface area (Å²) >= 11 is 3.53. The molecule has 7 heteroatoms. The lowest BCUT2D eigenvalue weighted by Crippen LogP contribution is -2.47. The monoisotopic (exact) mass is 458 g/mol. The minimum Gasteiger partial charge on any atom is -0.381 e. The van der Waals surface area contributed by atoms with E-state index in [2.05, 4.69) is 36.9 Å². The molecule has 4 rings (SSSR count). The number of nitrogens with zero attached hydrogens (tertiary/aromatic N) is 1. The van der Waals surface area contributed by atoms with Crippen LogP contribution in [-0.4, -0.2) is 41.3 Å². The summed E-state index contributed by atoms with van der Waals surface area (Å²) in [4.78, 5) is 29.0. The molecule has 0 unspecified atom stereocenters. The number of pyridine rings is 1. The number of hydrogen-bond acceptors (Lipinski definition) is 5. The lowest BCUT2D eigenvalue weighted by atomic mass is 9.90. The van der Waals surface area contributed by atoms with Gasteiger partial charge in [0.2, 0.25) is 5.91 Å². The third-order valence-corrected chi connectivity index (χ3v) is 6.50. The van der Waals surface area contributed by atoms with Gasteiger partial charge in [0.25, 0.3) is 0 Å². The third-order valence-electron chi connectivity index (χ3n) is 6.01. The number of hydrogen-bond donors (Lipinski definition) is 3. The fourth-order valence-corrected chi connectivity index (χ4v) is 4.74. The highest BCUT2D eigenvalue weighted by molar-refractivity contribution is 9.10. The van der Waals surface area contributed by atoms with Gasteiger partial charge >= 0.3 is 0 Å². The lowest BCUT2D eigenvalue weighted by molar-refractivity contribution is -0.123. The van der Waals surface area contributed by atoms with E-state index in [-0.39, 0.29) is 29.8 Å². The molecule has 6 nitrogen and oxygen atoms in total. The number of rotatable bonds is 5. The topological polar surface area (TPSA) is 83.1 Å². The molecular weight excluding hydrogens is 432 g/mol. The average molecular weight is 459 g/mol. The third kappa shape index (κ3) is 4.61. The van der Waals surface area contributed by atoms with Crippen molar-refractivity contribution in [1.82, 2.24) is 15.6 Å². The number of benzene rings is 1. The maximum Gasteiger partial charge on any atom is 0.237 e. The van der Waals surface area contributed by atoms with Gasteiger partial charge in [-0.3, -0.25) is 14.6 Å². The van der Waals surface area contributed by atoms with Gasteiger partial charge < -0.3 is 16.0 Å². The van der Waals surface area contributed by atoms with Gasteiger partial charge in [0.15, 0.2) is 5.78 Å². The molecule has 154 valence electrons. The second-order valence-electron chi connectivity index (χ2n) is 8.11. The van der Waals surface area contributed by atoms with E-state index < -0.39 is 0 Å². The fourth-order valence-electron chi connectivity index (χ4n) is 4.38. The maximum atomic E-state index is 12.3. The van der Waals surface area contributed by atoms with Crippen molar-refractivity contribution in [3.63, 3.8) is 0 Å². The van der Waals surface area contributed by atoms with Gasteiger partial charge in [-0.15, -0.1) is 0 Å². The van der Waals surface area contributed by atoms with Crippen LogP contribution in [0.25, 0.3) is 10.9 Å². The van der Waals surface area contributed by atoms with Crippen molar-refractivity contribution < 1.29 is 9.59 Å². The molecule has 0 spiro atoms. The summed E-state index contributed by atoms with van der Waals surface area (Å²) in [6.45, 7) is 2.51. The zero-order valence-corrected chi connectivity index (χ0v) is 18.2. The fraction of sp³-hybridized carbons (Fsp3) is 0.500. The molecule has 0 radical (unpaired) electrons. The largest absolute Gasteiger partial charge is 0.381 e. The van der Waals surface area contributed by atoms with Gasteiger partial charge in [-0.2, -0.15) is 0 Å². The van der Waals surface area contributed by atoms with E-state index in [1.807, 2.05) is 18.2 Å². The molecule has 0 bridgehead atoms. The van der Waals surface area contributed by atoms with Crippen molar-refractivity contribution in [3.05, 3.63) is 34.4 Å². The first-order valence-corrected chi connectivity index (χ1v) is 11.2. The van der Waals surface area contributed by atoms with E-state index >= 15 is 0 Å². The van der Waals surface area contributed by atoms with Crippen molar-refractivity contribution in [1.29, 1.82) is 0 Å². The Labute approximate surface area is 179 Å². The Kier molecular flexibility index (Phi) is 6.15. The van der Waals surface area contributed by atoms with Gasteiger partial charge in [0.1, 0.15) is 0 Å². The van der Waals surface area contributed by atoms with Crippen LogP contribution in [-0.2, 0) is 4.79 Å². The van der Waals surface area contributed by atoms with E-state index in [4.69, 9.17) is 0 Å². The van der Waals surface area contributed by atoms with Crippen LogP contribution in [0.4, 0.5) is 5.69 Å². The number of carbonyl (C=O) groups is 2. The van der Waals surface area contributed by atoms with Gasteiger partial charge in [0.05, 0.1) is 22.8 Å². The highest BCUT2D eigenvalue weighted by atomic mass is 79.9. The molecule has 2 fully saturated rings. The minimum absolute atomic E-state index is 0.00638. The number of nitrogens with one attached hydrogen (secondary N) is 3. The predicted octanol–water partition coefficient (Wildman–Crippen LogP) is 3.79. The molecule has 1 aliphatic carbocycles. The number of halogens is 1. The molecule has 1 atom stereocenters. The zero-order valence-electron chi connectivity index (χ0n) is 16.6. The molecule has 29 heavy (non-hydrogen) atoms. The number of Topliss-reactive ketones (excluding diaryl/α,β-unsaturated/α-hetero) is 1. The van der Waals surface area contributed by atoms with Crippen LogP contribution in [0.5, 0.6) is 0 Å². The van der Waals surface area contributed by atoms with E-state index in [0.717, 1.165) is 66.1 Å². The smallest absolute Gasteiger partial charge is 0.237 e. The quantitative estimate of drug-likeness (QED) is 0.593. The van der Waals surface area contributed by atoms with E-state index in [0.29, 0.717) is 5.56 Å². The van der Waals surface area contributed by atoms with Gasteiger partial charge in [-0.05, 0) is 70.2 Å². The second kappa shape index (κ2) is 8.79. The Morgan fingerprint density at radius 1 is 1.14 bits per heavy atom. The van der Waals surface area contributed by atoms with Crippen molar-refractivity contribution >= 4 is 44.2 Å². The van der Waals surface area contributed by atoms with Crippen LogP contribution in [0.15, 0.2) is 28.9 Å². The predicted molar refractivity (Wildman–Crippen MR) is 118 cm³/mol. The molecule has 2 aromatic rings. The van der Waals surface area contributed by atoms with Crippen LogP contribution in [0, 0.1) is 0 Å². The summed E-state index contributed by atoms with van der Waals surface area (Å²) in [5, 5.41) is 11.0. The first-order chi connectivity index (χ1) is 14.0. The van der Waals surface area contributed by atoms with Crippen LogP contribution in [0.3, 0.4) is 0 Å². The molecule has 1 aliphatic heterocycles. The minimum atomic E-state index is -0.0226. The molecule has 3 N–H and O–H groups in total. The Morgan fingerprint density at radius 2 is 1.90 bits per heavy atom. The molecule has 1 saturated carbocycles.